The molecule has 3 aromatic rings. The van der Waals surface area contributed by atoms with Crippen LogP contribution in [0.1, 0.15) is 11.1 Å². The van der Waals surface area contributed by atoms with Gasteiger partial charge in [0.2, 0.25) is 0 Å². The molecule has 0 aliphatic carbocycles. The molecule has 1 fully saturated rings. The van der Waals surface area contributed by atoms with E-state index in [-0.39, 0.29) is 33.4 Å². The van der Waals surface area contributed by atoms with E-state index >= 15 is 0 Å². The maximum absolute atomic E-state index is 13.1. The lowest BCUT2D eigenvalue weighted by atomic mass is 10.1. The van der Waals surface area contributed by atoms with Crippen molar-refractivity contribution in [1.82, 2.24) is 4.90 Å². The van der Waals surface area contributed by atoms with Gasteiger partial charge in [-0.05, 0) is 60.3 Å². The van der Waals surface area contributed by atoms with Crippen LogP contribution in [0.4, 0.5) is 4.79 Å². The summed E-state index contributed by atoms with van der Waals surface area (Å²) in [6.07, 6.45) is 1.37. The van der Waals surface area contributed by atoms with Gasteiger partial charge in [0.05, 0.1) is 18.6 Å². The summed E-state index contributed by atoms with van der Waals surface area (Å²) in [6, 6.07) is 15.0. The number of nitrogens with zero attached hydrogens (tertiary/aromatic N) is 1. The summed E-state index contributed by atoms with van der Waals surface area (Å²) >= 11 is 18.9. The van der Waals surface area contributed by atoms with Gasteiger partial charge in [-0.25, -0.2) is 0 Å². The monoisotopic (exact) mass is 583 g/mol. The first-order valence-electron chi connectivity index (χ1n) is 10.2. The van der Waals surface area contributed by atoms with Gasteiger partial charge in [0, 0.05) is 26.2 Å². The number of carbonyl (C=O) groups excluding carboxylic acids is 2. The molecule has 0 N–H and O–H groups in total. The van der Waals surface area contributed by atoms with Crippen molar-refractivity contribution >= 4 is 73.9 Å². The molecule has 0 unspecified atom stereocenters. The molecule has 0 atom stereocenters. The third-order valence-corrected chi connectivity index (χ3v) is 8.17. The molecule has 2 amide bonds. The van der Waals surface area contributed by atoms with Crippen molar-refractivity contribution in [2.24, 2.45) is 0 Å². The van der Waals surface area contributed by atoms with Crippen LogP contribution in [0.5, 0.6) is 11.5 Å². The molecule has 0 aromatic heterocycles. The number of amides is 2. The Morgan fingerprint density at radius 3 is 2.22 bits per heavy atom. The Hall–Kier alpha value is -2.69. The van der Waals surface area contributed by atoms with E-state index in [1.54, 1.807) is 24.3 Å². The zero-order valence-electron chi connectivity index (χ0n) is 18.4. The molecule has 12 heteroatoms. The van der Waals surface area contributed by atoms with Gasteiger partial charge in [-0.1, -0.05) is 53.0 Å². The van der Waals surface area contributed by atoms with Gasteiger partial charge >= 0.3 is 10.1 Å². The minimum absolute atomic E-state index is 0.0603. The highest BCUT2D eigenvalue weighted by Crippen LogP contribution is 2.40. The van der Waals surface area contributed by atoms with E-state index in [4.69, 9.17) is 43.7 Å². The van der Waals surface area contributed by atoms with Crippen LogP contribution in [0, 0.1) is 0 Å². The van der Waals surface area contributed by atoms with Gasteiger partial charge in [-0.15, -0.1) is 0 Å². The molecule has 3 aromatic carbocycles. The zero-order chi connectivity index (χ0) is 26.0. The van der Waals surface area contributed by atoms with E-state index in [2.05, 4.69) is 0 Å². The highest BCUT2D eigenvalue weighted by atomic mass is 35.5. The standard InChI is InChI=1S/C24H16Cl3NO6S2/c1-33-20-7-2-4-14(22(20)34-36(31,32)16-10-8-15(25)9-11-16)12-21-23(29)28(24(30)35-21)13-17-18(26)5-3-6-19(17)27/h2-12H,13H2,1H3/b21-12-. The van der Waals surface area contributed by atoms with E-state index in [9.17, 15) is 18.0 Å². The summed E-state index contributed by atoms with van der Waals surface area (Å²) in [5.74, 6) is -0.616. The summed E-state index contributed by atoms with van der Waals surface area (Å²) in [7, 11) is -2.92. The lowest BCUT2D eigenvalue weighted by Gasteiger charge is -2.15. The second-order valence-electron chi connectivity index (χ2n) is 7.34. The molecule has 4 rings (SSSR count). The van der Waals surface area contributed by atoms with Crippen molar-refractivity contribution in [2.45, 2.75) is 11.4 Å². The summed E-state index contributed by atoms with van der Waals surface area (Å²) < 4.78 is 36.5. The second-order valence-corrected chi connectivity index (χ2v) is 11.1. The van der Waals surface area contributed by atoms with E-state index in [1.807, 2.05) is 0 Å². The Morgan fingerprint density at radius 2 is 1.58 bits per heavy atom. The predicted octanol–water partition coefficient (Wildman–Crippen LogP) is 6.66. The molecule has 1 aliphatic heterocycles. The Bertz CT molecular complexity index is 1470. The van der Waals surface area contributed by atoms with Crippen molar-refractivity contribution in [2.75, 3.05) is 7.11 Å². The normalized spacial score (nSPS) is 15.0. The lowest BCUT2D eigenvalue weighted by Crippen LogP contribution is -2.27. The van der Waals surface area contributed by atoms with Crippen molar-refractivity contribution in [3.63, 3.8) is 0 Å². The number of hydrogen-bond donors (Lipinski definition) is 0. The van der Waals surface area contributed by atoms with Crippen molar-refractivity contribution in [3.8, 4) is 11.5 Å². The van der Waals surface area contributed by atoms with E-state index < -0.39 is 21.3 Å². The molecule has 7 nitrogen and oxygen atoms in total. The minimum Gasteiger partial charge on any atom is -0.493 e. The number of carbonyl (C=O) groups is 2. The Labute approximate surface area is 226 Å². The average molecular weight is 585 g/mol. The second kappa shape index (κ2) is 10.7. The summed E-state index contributed by atoms with van der Waals surface area (Å²) in [4.78, 5) is 26.7. The number of benzene rings is 3. The quantitative estimate of drug-likeness (QED) is 0.227. The fourth-order valence-electron chi connectivity index (χ4n) is 3.27. The summed E-state index contributed by atoms with van der Waals surface area (Å²) in [5.41, 5.74) is 0.650. The largest absolute Gasteiger partial charge is 0.493 e. The van der Waals surface area contributed by atoms with Crippen LogP contribution in [0.15, 0.2) is 70.5 Å². The zero-order valence-corrected chi connectivity index (χ0v) is 22.3. The van der Waals surface area contributed by atoms with Crippen molar-refractivity contribution in [1.29, 1.82) is 0 Å². The maximum atomic E-state index is 13.1. The molecule has 1 saturated heterocycles. The third-order valence-electron chi connectivity index (χ3n) is 5.06. The Morgan fingerprint density at radius 1 is 0.944 bits per heavy atom. The van der Waals surface area contributed by atoms with Crippen LogP contribution in [-0.4, -0.2) is 31.6 Å². The highest BCUT2D eigenvalue weighted by Gasteiger charge is 2.36. The number of para-hydroxylation sites is 1. The number of thioether (sulfide) groups is 1. The van der Waals surface area contributed by atoms with Gasteiger partial charge in [0.1, 0.15) is 4.90 Å². The molecule has 0 bridgehead atoms. The molecule has 186 valence electrons. The Balaban J connectivity index is 1.68. The van der Waals surface area contributed by atoms with Gasteiger partial charge in [0.25, 0.3) is 11.1 Å². The topological polar surface area (TPSA) is 90.0 Å². The van der Waals surface area contributed by atoms with E-state index in [0.717, 1.165) is 4.90 Å². The maximum Gasteiger partial charge on any atom is 0.339 e. The minimum atomic E-state index is -4.27. The van der Waals surface area contributed by atoms with Gasteiger partial charge in [-0.2, -0.15) is 8.42 Å². The molecule has 0 saturated carbocycles. The third kappa shape index (κ3) is 5.50. The average Bonchev–Trinajstić information content (AvgIpc) is 3.09. The van der Waals surface area contributed by atoms with Crippen molar-refractivity contribution in [3.05, 3.63) is 91.8 Å². The first-order chi connectivity index (χ1) is 17.1. The number of hydrogen-bond acceptors (Lipinski definition) is 7. The molecule has 1 aliphatic rings. The molecule has 0 radical (unpaired) electrons. The fourth-order valence-corrected chi connectivity index (χ4v) is 5.71. The number of imide groups is 1. The van der Waals surface area contributed by atoms with Gasteiger partial charge in [-0.3, -0.25) is 14.5 Å². The first kappa shape index (κ1) is 26.4. The van der Waals surface area contributed by atoms with Crippen LogP contribution in [0.25, 0.3) is 6.08 Å². The Kier molecular flexibility index (Phi) is 7.87. The molecule has 1 heterocycles. The van der Waals surface area contributed by atoms with Crippen LogP contribution in [0.3, 0.4) is 0 Å². The fraction of sp³-hybridized carbons (Fsp3) is 0.0833. The SMILES string of the molecule is COc1cccc(/C=C2\SC(=O)N(Cc3c(Cl)cccc3Cl)C2=O)c1OS(=O)(=O)c1ccc(Cl)cc1. The van der Waals surface area contributed by atoms with Crippen LogP contribution < -0.4 is 8.92 Å². The first-order valence-corrected chi connectivity index (χ1v) is 13.5. The summed E-state index contributed by atoms with van der Waals surface area (Å²) in [6.45, 7) is -0.118. The highest BCUT2D eigenvalue weighted by molar-refractivity contribution is 8.18. The van der Waals surface area contributed by atoms with Crippen LogP contribution in [0.2, 0.25) is 15.1 Å². The molecule has 0 spiro atoms. The van der Waals surface area contributed by atoms with Gasteiger partial charge in [0.15, 0.2) is 11.5 Å². The molecular weight excluding hydrogens is 569 g/mol. The predicted molar refractivity (Wildman–Crippen MR) is 140 cm³/mol. The van der Waals surface area contributed by atoms with Crippen LogP contribution >= 0.6 is 46.6 Å². The molecule has 36 heavy (non-hydrogen) atoms. The smallest absolute Gasteiger partial charge is 0.339 e. The number of ether oxygens (including phenoxy) is 1. The number of methoxy groups -OCH3 is 1. The van der Waals surface area contributed by atoms with Crippen molar-refractivity contribution < 1.29 is 26.9 Å². The lowest BCUT2D eigenvalue weighted by molar-refractivity contribution is -0.123. The molecular formula is C24H16Cl3NO6S2. The van der Waals surface area contributed by atoms with Crippen LogP contribution in [-0.2, 0) is 21.5 Å². The van der Waals surface area contributed by atoms with E-state index in [1.165, 1.54) is 49.6 Å². The summed E-state index contributed by atoms with van der Waals surface area (Å²) in [5, 5.41) is 0.477. The van der Waals surface area contributed by atoms with Gasteiger partial charge < -0.3 is 8.92 Å². The number of rotatable bonds is 7. The number of halogens is 3. The van der Waals surface area contributed by atoms with E-state index in [0.29, 0.717) is 32.4 Å².